The quantitative estimate of drug-likeness (QED) is 0.128. The minimum atomic E-state index is -4.87. The van der Waals surface area contributed by atoms with Crippen molar-refractivity contribution in [3.05, 3.63) is 99.5 Å². The number of alkyl halides is 4. The standard InChI is InChI=1S/C49H61F5N6O5/c1-29-20-39-40(55-46(64-28-35-22-34(50)27-57(35)7)56-45(39)60-19-18-58(24-31(60)3)47(61)65-48(4,5)6)23-38(29)42-43(49(52,53)54)30(2)21-41(44(42)51)59(25-32-10-14-36(62-8)15-11-32)26-33-12-16-37(63-9)17-13-33/h10-17,21,29,31,34-35,38H,18-20,22-28H2,1-9H3/t29?,31-,34+,35-,38?/m0/s1. The number of hydrogen-bond donors (Lipinski definition) is 0. The first-order valence-corrected chi connectivity index (χ1v) is 22.2. The highest BCUT2D eigenvalue weighted by molar-refractivity contribution is 5.69. The van der Waals surface area contributed by atoms with Gasteiger partial charge in [0.25, 0.3) is 0 Å². The number of likely N-dealkylation sites (tertiary alicyclic amines) is 1. The molecule has 1 aliphatic carbocycles. The van der Waals surface area contributed by atoms with Crippen LogP contribution in [0.5, 0.6) is 17.5 Å². The zero-order chi connectivity index (χ0) is 47.0. The number of carbonyl (C=O) groups excluding carboxylic acids is 1. The Balaban J connectivity index is 1.30. The SMILES string of the molecule is COc1ccc(CN(Cc2ccc(OC)cc2)c2cc(C)c(C(F)(F)F)c(C3Cc4nc(OC[C@@H]5C[C@@H](F)CN5C)nc(N5CCN(C(=O)OC(C)(C)C)C[C@@H]5C)c4CC3C)c2F)cc1. The molecule has 3 heterocycles. The number of benzene rings is 3. The van der Waals surface area contributed by atoms with Crippen LogP contribution in [-0.4, -0.2) is 104 Å². The van der Waals surface area contributed by atoms with Crippen molar-refractivity contribution in [3.8, 4) is 17.5 Å². The van der Waals surface area contributed by atoms with Crippen LogP contribution in [0.4, 0.5) is 38.3 Å². The second-order valence-electron chi connectivity index (χ2n) is 18.8. The van der Waals surface area contributed by atoms with E-state index in [-0.39, 0.29) is 74.8 Å². The molecule has 1 amide bonds. The van der Waals surface area contributed by atoms with Crippen molar-refractivity contribution < 1.29 is 45.7 Å². The predicted molar refractivity (Wildman–Crippen MR) is 239 cm³/mol. The number of nitrogens with zero attached hydrogens (tertiary/aromatic N) is 6. The Labute approximate surface area is 378 Å². The molecule has 16 heteroatoms. The van der Waals surface area contributed by atoms with Gasteiger partial charge < -0.3 is 33.6 Å². The van der Waals surface area contributed by atoms with Crippen molar-refractivity contribution in [1.82, 2.24) is 19.8 Å². The summed E-state index contributed by atoms with van der Waals surface area (Å²) in [5.74, 6) is -0.525. The summed E-state index contributed by atoms with van der Waals surface area (Å²) in [4.78, 5) is 30.2. The smallest absolute Gasteiger partial charge is 0.417 e. The predicted octanol–water partition coefficient (Wildman–Crippen LogP) is 9.55. The molecule has 3 aromatic carbocycles. The van der Waals surface area contributed by atoms with E-state index in [1.807, 2.05) is 70.8 Å². The first-order valence-electron chi connectivity index (χ1n) is 22.2. The minimum Gasteiger partial charge on any atom is -0.497 e. The zero-order valence-corrected chi connectivity index (χ0v) is 38.8. The summed E-state index contributed by atoms with van der Waals surface area (Å²) in [7, 11) is 4.94. The fourth-order valence-corrected chi connectivity index (χ4v) is 9.46. The van der Waals surface area contributed by atoms with Crippen molar-refractivity contribution >= 4 is 17.6 Å². The van der Waals surface area contributed by atoms with Gasteiger partial charge in [-0.05, 0) is 120 Å². The molecule has 7 rings (SSSR count). The average Bonchev–Trinajstić information content (AvgIpc) is 3.58. The number of ether oxygens (including phenoxy) is 4. The number of rotatable bonds is 12. The average molecular weight is 909 g/mol. The summed E-state index contributed by atoms with van der Waals surface area (Å²) < 4.78 is 101. The van der Waals surface area contributed by atoms with Crippen LogP contribution >= 0.6 is 0 Å². The molecule has 0 saturated carbocycles. The third-order valence-electron chi connectivity index (χ3n) is 12.8. The first kappa shape index (κ1) is 47.6. The highest BCUT2D eigenvalue weighted by atomic mass is 19.4. The minimum absolute atomic E-state index is 0.0103. The van der Waals surface area contributed by atoms with E-state index in [4.69, 9.17) is 28.9 Å². The van der Waals surface area contributed by atoms with E-state index in [1.165, 1.54) is 13.0 Å². The van der Waals surface area contributed by atoms with Crippen LogP contribution in [0, 0.1) is 18.7 Å². The number of hydrogen-bond acceptors (Lipinski definition) is 10. The Morgan fingerprint density at radius 2 is 1.51 bits per heavy atom. The third-order valence-corrected chi connectivity index (χ3v) is 12.8. The van der Waals surface area contributed by atoms with Gasteiger partial charge in [0, 0.05) is 62.5 Å². The number of halogens is 5. The lowest BCUT2D eigenvalue weighted by molar-refractivity contribution is -0.139. The van der Waals surface area contributed by atoms with E-state index in [9.17, 15) is 9.18 Å². The molecular formula is C49H61F5N6O5. The Kier molecular flexibility index (Phi) is 14.1. The molecule has 11 nitrogen and oxygen atoms in total. The van der Waals surface area contributed by atoms with Gasteiger partial charge in [0.1, 0.15) is 35.7 Å². The molecule has 2 unspecified atom stereocenters. The van der Waals surface area contributed by atoms with Crippen LogP contribution in [0.2, 0.25) is 0 Å². The normalized spacial score (nSPS) is 21.5. The summed E-state index contributed by atoms with van der Waals surface area (Å²) in [6.45, 7) is 12.5. The molecular weight excluding hydrogens is 848 g/mol. The second kappa shape index (κ2) is 19.2. The molecule has 65 heavy (non-hydrogen) atoms. The van der Waals surface area contributed by atoms with Crippen LogP contribution in [0.25, 0.3) is 0 Å². The number of anilines is 2. The monoisotopic (exact) mass is 908 g/mol. The number of methoxy groups -OCH3 is 2. The van der Waals surface area contributed by atoms with Crippen molar-refractivity contribution in [3.63, 3.8) is 0 Å². The van der Waals surface area contributed by atoms with E-state index in [0.717, 1.165) is 16.7 Å². The van der Waals surface area contributed by atoms with Crippen LogP contribution in [0.1, 0.15) is 86.0 Å². The number of aryl methyl sites for hydroxylation is 1. The number of amides is 1. The number of carbonyl (C=O) groups is 1. The summed E-state index contributed by atoms with van der Waals surface area (Å²) in [5, 5.41) is 0. The molecule has 1 aromatic heterocycles. The Hall–Kier alpha value is -5.38. The maximum absolute atomic E-state index is 17.8. The van der Waals surface area contributed by atoms with Gasteiger partial charge in [-0.15, -0.1) is 0 Å². The van der Waals surface area contributed by atoms with Crippen LogP contribution in [0.3, 0.4) is 0 Å². The largest absolute Gasteiger partial charge is 0.497 e. The van der Waals surface area contributed by atoms with Gasteiger partial charge in [-0.1, -0.05) is 31.2 Å². The number of aromatic nitrogens is 2. The molecule has 0 N–H and O–H groups in total. The maximum Gasteiger partial charge on any atom is 0.417 e. The highest BCUT2D eigenvalue weighted by Crippen LogP contribution is 2.49. The van der Waals surface area contributed by atoms with Crippen LogP contribution < -0.4 is 24.0 Å². The molecule has 0 bridgehead atoms. The molecule has 352 valence electrons. The van der Waals surface area contributed by atoms with Gasteiger partial charge in [-0.25, -0.2) is 13.6 Å². The highest BCUT2D eigenvalue weighted by Gasteiger charge is 2.44. The molecule has 2 saturated heterocycles. The molecule has 0 radical (unpaired) electrons. The zero-order valence-electron chi connectivity index (χ0n) is 38.8. The van der Waals surface area contributed by atoms with Crippen molar-refractivity contribution in [2.24, 2.45) is 5.92 Å². The number of fused-ring (bicyclic) bond motifs is 1. The van der Waals surface area contributed by atoms with Crippen molar-refractivity contribution in [2.75, 3.05) is 63.9 Å². The van der Waals surface area contributed by atoms with Crippen LogP contribution in [0.15, 0.2) is 54.6 Å². The molecule has 0 spiro atoms. The molecule has 2 aliphatic heterocycles. The molecule has 5 atom stereocenters. The van der Waals surface area contributed by atoms with E-state index in [0.29, 0.717) is 42.6 Å². The summed E-state index contributed by atoms with van der Waals surface area (Å²) in [6, 6.07) is 15.4. The van der Waals surface area contributed by atoms with Gasteiger partial charge in [0.15, 0.2) is 5.82 Å². The Morgan fingerprint density at radius 3 is 2.03 bits per heavy atom. The second-order valence-corrected chi connectivity index (χ2v) is 18.8. The lowest BCUT2D eigenvalue weighted by atomic mass is 9.73. The van der Waals surface area contributed by atoms with E-state index < -0.39 is 52.8 Å². The third kappa shape index (κ3) is 10.8. The summed E-state index contributed by atoms with van der Waals surface area (Å²) in [6.07, 6.45) is -5.78. The lowest BCUT2D eigenvalue weighted by Crippen LogP contribution is -2.55. The Bertz CT molecular complexity index is 2260. The fourth-order valence-electron chi connectivity index (χ4n) is 9.46. The Morgan fingerprint density at radius 1 is 0.892 bits per heavy atom. The summed E-state index contributed by atoms with van der Waals surface area (Å²) in [5.41, 5.74) is 0.706. The van der Waals surface area contributed by atoms with Crippen molar-refractivity contribution in [1.29, 1.82) is 0 Å². The van der Waals surface area contributed by atoms with E-state index in [1.54, 1.807) is 48.3 Å². The van der Waals surface area contributed by atoms with Gasteiger partial charge in [0.2, 0.25) is 0 Å². The van der Waals surface area contributed by atoms with Crippen LogP contribution in [-0.2, 0) is 36.8 Å². The lowest BCUT2D eigenvalue weighted by Gasteiger charge is -2.42. The molecule has 4 aromatic rings. The molecule has 3 aliphatic rings. The fraction of sp³-hybridized carbons (Fsp3) is 0.531. The van der Waals surface area contributed by atoms with E-state index >= 15 is 17.6 Å². The van der Waals surface area contributed by atoms with Gasteiger partial charge >= 0.3 is 18.3 Å². The first-order chi connectivity index (χ1) is 30.7. The topological polar surface area (TPSA) is 92.7 Å². The van der Waals surface area contributed by atoms with E-state index in [2.05, 4.69) is 4.90 Å². The van der Waals surface area contributed by atoms with Gasteiger partial charge in [0.05, 0.1) is 31.2 Å². The number of piperazine rings is 1. The summed E-state index contributed by atoms with van der Waals surface area (Å²) >= 11 is 0. The van der Waals surface area contributed by atoms with Gasteiger partial charge in [-0.2, -0.15) is 23.1 Å². The maximum atomic E-state index is 17.8. The van der Waals surface area contributed by atoms with Gasteiger partial charge in [-0.3, -0.25) is 4.90 Å². The molecule has 2 fully saturated rings. The van der Waals surface area contributed by atoms with Crippen molar-refractivity contribution in [2.45, 2.75) is 110 Å². The number of likely N-dealkylation sites (N-methyl/N-ethyl adjacent to an activating group) is 1.